The molecule has 0 amide bonds. The van der Waals surface area contributed by atoms with Gasteiger partial charge in [0.1, 0.15) is 6.17 Å². The lowest BCUT2D eigenvalue weighted by Gasteiger charge is -2.09. The number of rotatable bonds is 1. The quantitative estimate of drug-likeness (QED) is 0.749. The summed E-state index contributed by atoms with van der Waals surface area (Å²) in [7, 11) is 0. The molecule has 0 bridgehead atoms. The van der Waals surface area contributed by atoms with Crippen molar-refractivity contribution in [3.8, 4) is 0 Å². The Morgan fingerprint density at radius 2 is 1.88 bits per heavy atom. The smallest absolute Gasteiger partial charge is 0.189 e. The van der Waals surface area contributed by atoms with E-state index in [0.717, 1.165) is 12.1 Å². The van der Waals surface area contributed by atoms with Crippen LogP contribution in [0, 0.1) is 11.6 Å². The molecule has 1 aliphatic carbocycles. The number of nitrogens with zero attached hydrogens (tertiary/aromatic N) is 1. The summed E-state index contributed by atoms with van der Waals surface area (Å²) in [6.45, 7) is 0. The number of benzene rings is 1. The van der Waals surface area contributed by atoms with Gasteiger partial charge in [0.15, 0.2) is 17.1 Å². The third-order valence-electron chi connectivity index (χ3n) is 3.01. The molecule has 88 valence electrons. The van der Waals surface area contributed by atoms with E-state index in [-0.39, 0.29) is 16.9 Å². The maximum absolute atomic E-state index is 13.2. The van der Waals surface area contributed by atoms with Gasteiger partial charge in [-0.05, 0) is 6.07 Å². The van der Waals surface area contributed by atoms with Crippen LogP contribution < -0.4 is 5.43 Å². The average molecular weight is 239 g/mol. The summed E-state index contributed by atoms with van der Waals surface area (Å²) in [4.78, 5) is 11.5. The Kier molecular flexibility index (Phi) is 2.05. The summed E-state index contributed by atoms with van der Waals surface area (Å²) < 4.78 is 40.7. The number of aromatic nitrogens is 1. The monoisotopic (exact) mass is 239 g/mol. The van der Waals surface area contributed by atoms with Crippen LogP contribution in [0.25, 0.3) is 10.9 Å². The fourth-order valence-corrected chi connectivity index (χ4v) is 1.99. The van der Waals surface area contributed by atoms with E-state index in [1.807, 2.05) is 0 Å². The number of halogens is 3. The van der Waals surface area contributed by atoms with Gasteiger partial charge in [-0.1, -0.05) is 0 Å². The third-order valence-corrected chi connectivity index (χ3v) is 3.01. The van der Waals surface area contributed by atoms with E-state index < -0.39 is 23.2 Å². The molecule has 1 aliphatic rings. The van der Waals surface area contributed by atoms with Crippen LogP contribution in [-0.2, 0) is 0 Å². The van der Waals surface area contributed by atoms with Crippen LogP contribution in [0.4, 0.5) is 13.2 Å². The molecule has 0 spiro atoms. The molecular formula is C12H8F3NO. The first-order valence-electron chi connectivity index (χ1n) is 5.22. The van der Waals surface area contributed by atoms with E-state index in [9.17, 15) is 18.0 Å². The van der Waals surface area contributed by atoms with Gasteiger partial charge in [-0.15, -0.1) is 0 Å². The highest BCUT2D eigenvalue weighted by Gasteiger charge is 2.39. The zero-order chi connectivity index (χ0) is 12.2. The molecule has 1 heterocycles. The van der Waals surface area contributed by atoms with Crippen LogP contribution in [-0.4, -0.2) is 10.7 Å². The van der Waals surface area contributed by atoms with Gasteiger partial charge in [-0.2, -0.15) is 0 Å². The molecule has 0 N–H and O–H groups in total. The molecular weight excluding hydrogens is 231 g/mol. The Labute approximate surface area is 94.3 Å². The van der Waals surface area contributed by atoms with Crippen molar-refractivity contribution in [2.24, 2.45) is 0 Å². The largest absolute Gasteiger partial charge is 0.341 e. The number of fused-ring (bicyclic) bond motifs is 1. The first-order valence-corrected chi connectivity index (χ1v) is 5.22. The number of pyridine rings is 1. The molecule has 2 atom stereocenters. The van der Waals surface area contributed by atoms with Crippen LogP contribution in [0.1, 0.15) is 12.5 Å². The van der Waals surface area contributed by atoms with Gasteiger partial charge in [-0.25, -0.2) is 13.2 Å². The van der Waals surface area contributed by atoms with Crippen LogP contribution in [0.15, 0.2) is 29.2 Å². The number of alkyl halides is 1. The van der Waals surface area contributed by atoms with E-state index in [1.54, 1.807) is 0 Å². The van der Waals surface area contributed by atoms with E-state index in [2.05, 4.69) is 0 Å². The minimum Gasteiger partial charge on any atom is -0.341 e. The van der Waals surface area contributed by atoms with E-state index >= 15 is 0 Å². The molecule has 1 fully saturated rings. The standard InChI is InChI=1S/C12H8F3NO/c13-7-3-6-10(4-8(7)14)16(2-1-12(6)17)11-5-9(11)15/h1-4,9,11H,5H2. The molecule has 1 aromatic heterocycles. The molecule has 2 nitrogen and oxygen atoms in total. The number of hydrogen-bond donors (Lipinski definition) is 0. The van der Waals surface area contributed by atoms with Crippen LogP contribution in [0.2, 0.25) is 0 Å². The highest BCUT2D eigenvalue weighted by atomic mass is 19.2. The van der Waals surface area contributed by atoms with Gasteiger partial charge in [0, 0.05) is 30.1 Å². The zero-order valence-corrected chi connectivity index (χ0v) is 8.66. The summed E-state index contributed by atoms with van der Waals surface area (Å²) in [5.74, 6) is -2.10. The van der Waals surface area contributed by atoms with E-state index in [4.69, 9.17) is 0 Å². The second kappa shape index (κ2) is 3.35. The molecule has 1 saturated carbocycles. The fraction of sp³-hybridized carbons (Fsp3) is 0.250. The van der Waals surface area contributed by atoms with Gasteiger partial charge in [0.05, 0.1) is 11.6 Å². The molecule has 2 unspecified atom stereocenters. The highest BCUT2D eigenvalue weighted by Crippen LogP contribution is 2.40. The van der Waals surface area contributed by atoms with E-state index in [1.165, 1.54) is 16.8 Å². The minimum atomic E-state index is -1.07. The summed E-state index contributed by atoms with van der Waals surface area (Å²) in [5, 5.41) is 0.0745. The molecule has 0 aliphatic heterocycles. The van der Waals surface area contributed by atoms with Crippen molar-refractivity contribution in [1.82, 2.24) is 4.57 Å². The summed E-state index contributed by atoms with van der Waals surface area (Å²) >= 11 is 0. The topological polar surface area (TPSA) is 22.0 Å². The summed E-state index contributed by atoms with van der Waals surface area (Å²) in [6.07, 6.45) is 0.789. The highest BCUT2D eigenvalue weighted by molar-refractivity contribution is 5.79. The van der Waals surface area contributed by atoms with Gasteiger partial charge in [0.25, 0.3) is 0 Å². The van der Waals surface area contributed by atoms with Crippen molar-refractivity contribution in [2.75, 3.05) is 0 Å². The van der Waals surface area contributed by atoms with Crippen molar-refractivity contribution in [1.29, 1.82) is 0 Å². The predicted octanol–water partition coefficient (Wildman–Crippen LogP) is 2.56. The first kappa shape index (κ1) is 10.4. The van der Waals surface area contributed by atoms with Crippen molar-refractivity contribution >= 4 is 10.9 Å². The Morgan fingerprint density at radius 1 is 1.24 bits per heavy atom. The maximum Gasteiger partial charge on any atom is 0.189 e. The lowest BCUT2D eigenvalue weighted by atomic mass is 10.2. The molecule has 0 radical (unpaired) electrons. The normalized spacial score (nSPS) is 23.0. The summed E-state index contributed by atoms with van der Waals surface area (Å²) in [6, 6.07) is 2.67. The van der Waals surface area contributed by atoms with Gasteiger partial charge >= 0.3 is 0 Å². The zero-order valence-electron chi connectivity index (χ0n) is 8.66. The molecule has 17 heavy (non-hydrogen) atoms. The van der Waals surface area contributed by atoms with Gasteiger partial charge in [-0.3, -0.25) is 4.79 Å². The minimum absolute atomic E-state index is 0.0745. The Balaban J connectivity index is 2.35. The van der Waals surface area contributed by atoms with Gasteiger partial charge < -0.3 is 4.57 Å². The maximum atomic E-state index is 13.2. The second-order valence-electron chi connectivity index (χ2n) is 4.19. The molecule has 1 aromatic carbocycles. The lowest BCUT2D eigenvalue weighted by molar-refractivity contribution is 0.444. The SMILES string of the molecule is O=c1ccn(C2CC2F)c2cc(F)c(F)cc12. The van der Waals surface area contributed by atoms with Crippen molar-refractivity contribution in [2.45, 2.75) is 18.6 Å². The Hall–Kier alpha value is -1.78. The van der Waals surface area contributed by atoms with E-state index in [0.29, 0.717) is 6.42 Å². The van der Waals surface area contributed by atoms with Crippen molar-refractivity contribution in [3.05, 3.63) is 46.3 Å². The number of hydrogen-bond acceptors (Lipinski definition) is 1. The Bertz CT molecular complexity index is 665. The van der Waals surface area contributed by atoms with Crippen LogP contribution in [0.3, 0.4) is 0 Å². The molecule has 2 aromatic rings. The molecule has 3 rings (SSSR count). The van der Waals surface area contributed by atoms with Crippen LogP contribution in [0.5, 0.6) is 0 Å². The predicted molar refractivity (Wildman–Crippen MR) is 56.7 cm³/mol. The molecule has 5 heteroatoms. The van der Waals surface area contributed by atoms with Crippen molar-refractivity contribution in [3.63, 3.8) is 0 Å². The summed E-state index contributed by atoms with van der Waals surface area (Å²) in [5.41, 5.74) is -0.159. The van der Waals surface area contributed by atoms with Crippen LogP contribution >= 0.6 is 0 Å². The van der Waals surface area contributed by atoms with Gasteiger partial charge in [0.2, 0.25) is 0 Å². The third kappa shape index (κ3) is 1.53. The fourth-order valence-electron chi connectivity index (χ4n) is 1.99. The lowest BCUT2D eigenvalue weighted by Crippen LogP contribution is -2.09. The average Bonchev–Trinajstić information content (AvgIpc) is 2.99. The van der Waals surface area contributed by atoms with Crippen molar-refractivity contribution < 1.29 is 13.2 Å². The Morgan fingerprint density at radius 3 is 2.53 bits per heavy atom. The first-order chi connectivity index (χ1) is 8.08. The second-order valence-corrected chi connectivity index (χ2v) is 4.19. The molecule has 0 saturated heterocycles.